The quantitative estimate of drug-likeness (QED) is 0.378. The second-order valence-electron chi connectivity index (χ2n) is 5.60. The van der Waals surface area contributed by atoms with Gasteiger partial charge in [0.05, 0.1) is 12.0 Å². The van der Waals surface area contributed by atoms with Crippen LogP contribution in [0.25, 0.3) is 0 Å². The van der Waals surface area contributed by atoms with Crippen LogP contribution in [0.15, 0.2) is 12.2 Å². The molecule has 3 nitrogen and oxygen atoms in total. The molecule has 19 heavy (non-hydrogen) atoms. The van der Waals surface area contributed by atoms with E-state index in [1.54, 1.807) is 0 Å². The predicted molar refractivity (Wildman–Crippen MR) is 76.7 cm³/mol. The summed E-state index contributed by atoms with van der Waals surface area (Å²) in [6.45, 7) is 8.22. The standard InChI is InChI=1S/C16H28O3/c1-5-7-11-14(6-2)18-16(12(3)4)19-15(17)13-9-8-10-13/h7,11-14,16H,5-6,8-10H2,1-4H3/b11-7+. The van der Waals surface area contributed by atoms with E-state index in [0.29, 0.717) is 0 Å². The molecule has 0 radical (unpaired) electrons. The van der Waals surface area contributed by atoms with Crippen molar-refractivity contribution in [3.05, 3.63) is 12.2 Å². The third kappa shape index (κ3) is 5.35. The second kappa shape index (κ2) is 8.36. The van der Waals surface area contributed by atoms with E-state index in [1.165, 1.54) is 0 Å². The number of rotatable bonds is 8. The fourth-order valence-corrected chi connectivity index (χ4v) is 1.91. The molecular weight excluding hydrogens is 240 g/mol. The molecular formula is C16H28O3. The molecule has 1 fully saturated rings. The summed E-state index contributed by atoms with van der Waals surface area (Å²) in [4.78, 5) is 11.9. The summed E-state index contributed by atoms with van der Waals surface area (Å²) in [5.41, 5.74) is 0. The van der Waals surface area contributed by atoms with E-state index >= 15 is 0 Å². The third-order valence-electron chi connectivity index (χ3n) is 3.51. The minimum atomic E-state index is -0.431. The van der Waals surface area contributed by atoms with Gasteiger partial charge in [0, 0.05) is 5.92 Å². The molecule has 3 heteroatoms. The van der Waals surface area contributed by atoms with E-state index in [-0.39, 0.29) is 23.9 Å². The van der Waals surface area contributed by atoms with Crippen molar-refractivity contribution in [3.8, 4) is 0 Å². The lowest BCUT2D eigenvalue weighted by Gasteiger charge is -2.29. The van der Waals surface area contributed by atoms with Crippen molar-refractivity contribution in [1.82, 2.24) is 0 Å². The molecule has 0 amide bonds. The maximum absolute atomic E-state index is 11.9. The lowest BCUT2D eigenvalue weighted by atomic mass is 9.86. The number of esters is 1. The normalized spacial score (nSPS) is 19.4. The highest BCUT2D eigenvalue weighted by Gasteiger charge is 2.30. The van der Waals surface area contributed by atoms with Gasteiger partial charge < -0.3 is 9.47 Å². The molecule has 0 aromatic rings. The fraction of sp³-hybridized carbons (Fsp3) is 0.812. The summed E-state index contributed by atoms with van der Waals surface area (Å²) in [7, 11) is 0. The minimum absolute atomic E-state index is 0.0292. The van der Waals surface area contributed by atoms with Gasteiger partial charge in [-0.15, -0.1) is 0 Å². The summed E-state index contributed by atoms with van der Waals surface area (Å²) in [5, 5.41) is 0. The van der Waals surface area contributed by atoms with E-state index in [0.717, 1.165) is 32.1 Å². The molecule has 1 rings (SSSR count). The average molecular weight is 268 g/mol. The lowest BCUT2D eigenvalue weighted by molar-refractivity contribution is -0.203. The van der Waals surface area contributed by atoms with Gasteiger partial charge in [-0.05, 0) is 25.7 Å². The predicted octanol–water partition coefficient (Wildman–Crippen LogP) is 4.07. The highest BCUT2D eigenvalue weighted by atomic mass is 16.7. The van der Waals surface area contributed by atoms with Crippen molar-refractivity contribution < 1.29 is 14.3 Å². The van der Waals surface area contributed by atoms with Crippen LogP contribution in [0.1, 0.15) is 59.8 Å². The van der Waals surface area contributed by atoms with Crippen LogP contribution in [-0.2, 0) is 14.3 Å². The zero-order valence-corrected chi connectivity index (χ0v) is 12.7. The van der Waals surface area contributed by atoms with Crippen molar-refractivity contribution in [2.24, 2.45) is 11.8 Å². The van der Waals surface area contributed by atoms with Gasteiger partial charge in [-0.2, -0.15) is 0 Å². The van der Waals surface area contributed by atoms with Gasteiger partial charge in [0.2, 0.25) is 6.29 Å². The molecule has 2 unspecified atom stereocenters. The van der Waals surface area contributed by atoms with Crippen molar-refractivity contribution in [3.63, 3.8) is 0 Å². The summed E-state index contributed by atoms with van der Waals surface area (Å²) in [6.07, 6.45) is 8.72. The highest BCUT2D eigenvalue weighted by Crippen LogP contribution is 2.28. The molecule has 1 saturated carbocycles. The molecule has 0 aliphatic heterocycles. The van der Waals surface area contributed by atoms with Gasteiger partial charge in [0.1, 0.15) is 0 Å². The zero-order valence-electron chi connectivity index (χ0n) is 12.7. The van der Waals surface area contributed by atoms with Crippen LogP contribution in [0, 0.1) is 11.8 Å². The summed E-state index contributed by atoms with van der Waals surface area (Å²) >= 11 is 0. The van der Waals surface area contributed by atoms with Gasteiger partial charge in [0.25, 0.3) is 0 Å². The van der Waals surface area contributed by atoms with Crippen molar-refractivity contribution in [2.75, 3.05) is 0 Å². The summed E-state index contributed by atoms with van der Waals surface area (Å²) in [5.74, 6) is 0.198. The van der Waals surface area contributed by atoms with Crippen LogP contribution in [0.3, 0.4) is 0 Å². The molecule has 110 valence electrons. The Morgan fingerprint density at radius 2 is 2.00 bits per heavy atom. The van der Waals surface area contributed by atoms with Crippen LogP contribution in [0.5, 0.6) is 0 Å². The molecule has 2 atom stereocenters. The number of carbonyl (C=O) groups excluding carboxylic acids is 1. The first-order valence-corrected chi connectivity index (χ1v) is 7.61. The van der Waals surface area contributed by atoms with E-state index in [4.69, 9.17) is 9.47 Å². The molecule has 0 aromatic carbocycles. The molecule has 0 aromatic heterocycles. The van der Waals surface area contributed by atoms with E-state index < -0.39 is 6.29 Å². The molecule has 0 saturated heterocycles. The van der Waals surface area contributed by atoms with Gasteiger partial charge in [0.15, 0.2) is 0 Å². The number of hydrogen-bond acceptors (Lipinski definition) is 3. The van der Waals surface area contributed by atoms with Crippen LogP contribution in [0.4, 0.5) is 0 Å². The minimum Gasteiger partial charge on any atom is -0.435 e. The third-order valence-corrected chi connectivity index (χ3v) is 3.51. The monoisotopic (exact) mass is 268 g/mol. The first kappa shape index (κ1) is 16.2. The van der Waals surface area contributed by atoms with Crippen LogP contribution >= 0.6 is 0 Å². The Morgan fingerprint density at radius 3 is 2.42 bits per heavy atom. The Balaban J connectivity index is 2.50. The van der Waals surface area contributed by atoms with Gasteiger partial charge in [-0.3, -0.25) is 4.79 Å². The summed E-state index contributed by atoms with van der Waals surface area (Å²) < 4.78 is 11.5. The van der Waals surface area contributed by atoms with Crippen LogP contribution < -0.4 is 0 Å². The molecule has 0 N–H and O–H groups in total. The topological polar surface area (TPSA) is 35.5 Å². The van der Waals surface area contributed by atoms with E-state index in [2.05, 4.69) is 26.0 Å². The summed E-state index contributed by atoms with van der Waals surface area (Å²) in [6, 6.07) is 0. The van der Waals surface area contributed by atoms with Gasteiger partial charge in [-0.25, -0.2) is 0 Å². The molecule has 0 spiro atoms. The number of ether oxygens (including phenoxy) is 2. The zero-order chi connectivity index (χ0) is 14.3. The lowest BCUT2D eigenvalue weighted by Crippen LogP contribution is -2.34. The Kier molecular flexibility index (Phi) is 7.14. The van der Waals surface area contributed by atoms with E-state index in [9.17, 15) is 4.79 Å². The van der Waals surface area contributed by atoms with Crippen molar-refractivity contribution in [1.29, 1.82) is 0 Å². The smallest absolute Gasteiger partial charge is 0.311 e. The molecule has 1 aliphatic carbocycles. The molecule has 1 aliphatic rings. The maximum atomic E-state index is 11.9. The Labute approximate surface area is 117 Å². The maximum Gasteiger partial charge on any atom is 0.311 e. The second-order valence-corrected chi connectivity index (χ2v) is 5.60. The Morgan fingerprint density at radius 1 is 1.32 bits per heavy atom. The Bertz CT molecular complexity index is 292. The highest BCUT2D eigenvalue weighted by molar-refractivity contribution is 5.73. The van der Waals surface area contributed by atoms with Gasteiger partial charge >= 0.3 is 5.97 Å². The van der Waals surface area contributed by atoms with Crippen LogP contribution in [0.2, 0.25) is 0 Å². The van der Waals surface area contributed by atoms with Gasteiger partial charge in [-0.1, -0.05) is 46.3 Å². The first-order valence-electron chi connectivity index (χ1n) is 7.61. The first-order chi connectivity index (χ1) is 9.08. The number of carbonyl (C=O) groups is 1. The van der Waals surface area contributed by atoms with Crippen molar-refractivity contribution >= 4 is 5.97 Å². The SMILES string of the molecule is CC/C=C/C(CC)OC(OC(=O)C1CCC1)C(C)C. The largest absolute Gasteiger partial charge is 0.435 e. The number of hydrogen-bond donors (Lipinski definition) is 0. The van der Waals surface area contributed by atoms with Crippen molar-refractivity contribution in [2.45, 2.75) is 72.2 Å². The van der Waals surface area contributed by atoms with Crippen LogP contribution in [-0.4, -0.2) is 18.4 Å². The Hall–Kier alpha value is -0.830. The fourth-order valence-electron chi connectivity index (χ4n) is 1.91. The number of allylic oxidation sites excluding steroid dienone is 1. The molecule has 0 heterocycles. The average Bonchev–Trinajstić information content (AvgIpc) is 2.30. The van der Waals surface area contributed by atoms with E-state index in [1.807, 2.05) is 13.8 Å². The molecule has 0 bridgehead atoms.